The van der Waals surface area contributed by atoms with E-state index < -0.39 is 11.9 Å². The summed E-state index contributed by atoms with van der Waals surface area (Å²) in [5.41, 5.74) is 7.81. The number of nitrogens with two attached hydrogens (primary N) is 1. The molecule has 1 aromatic carbocycles. The van der Waals surface area contributed by atoms with Crippen LogP contribution in [0.2, 0.25) is 0 Å². The Kier molecular flexibility index (Phi) is 5.75. The van der Waals surface area contributed by atoms with Crippen molar-refractivity contribution in [2.75, 3.05) is 19.7 Å². The van der Waals surface area contributed by atoms with Crippen molar-refractivity contribution in [3.05, 3.63) is 46.7 Å². The highest BCUT2D eigenvalue weighted by Crippen LogP contribution is 2.29. The highest BCUT2D eigenvalue weighted by atomic mass is 16.5. The minimum atomic E-state index is -0.456. The summed E-state index contributed by atoms with van der Waals surface area (Å²) in [5, 5.41) is 5.37. The molecule has 3 rings (SSSR count). The summed E-state index contributed by atoms with van der Waals surface area (Å²) < 4.78 is 5.11. The lowest BCUT2D eigenvalue weighted by Gasteiger charge is -2.28. The maximum absolute atomic E-state index is 12.2. The monoisotopic (exact) mass is 372 g/mol. The molecule has 0 aromatic heterocycles. The molecule has 1 aromatic rings. The zero-order chi connectivity index (χ0) is 19.4. The third-order valence-corrected chi connectivity index (χ3v) is 4.62. The largest absolute Gasteiger partial charge is 0.463 e. The van der Waals surface area contributed by atoms with Gasteiger partial charge in [-0.3, -0.25) is 9.69 Å². The van der Waals surface area contributed by atoms with Crippen molar-refractivity contribution in [2.24, 2.45) is 5.73 Å². The Morgan fingerprint density at radius 2 is 1.93 bits per heavy atom. The SMILES string of the molecule is CCOC(=O)C1=C(CN(Cc2ccc(C(N)=O)cc2)C2CC2)NC(=O)NC1. The molecule has 1 saturated carbocycles. The first kappa shape index (κ1) is 18.9. The molecule has 1 aliphatic carbocycles. The van der Waals surface area contributed by atoms with Gasteiger partial charge in [0.25, 0.3) is 0 Å². The summed E-state index contributed by atoms with van der Waals surface area (Å²) in [4.78, 5) is 37.4. The lowest BCUT2D eigenvalue weighted by molar-refractivity contribution is -0.138. The van der Waals surface area contributed by atoms with Gasteiger partial charge in [-0.1, -0.05) is 12.1 Å². The van der Waals surface area contributed by atoms with Gasteiger partial charge in [0.05, 0.1) is 18.7 Å². The summed E-state index contributed by atoms with van der Waals surface area (Å²) in [7, 11) is 0. The molecule has 4 N–H and O–H groups in total. The number of esters is 1. The molecule has 0 atom stereocenters. The maximum atomic E-state index is 12.2. The van der Waals surface area contributed by atoms with Crippen molar-refractivity contribution >= 4 is 17.9 Å². The van der Waals surface area contributed by atoms with Crippen molar-refractivity contribution in [1.82, 2.24) is 15.5 Å². The number of amides is 3. The lowest BCUT2D eigenvalue weighted by Crippen LogP contribution is -2.47. The number of carbonyl (C=O) groups is 3. The zero-order valence-electron chi connectivity index (χ0n) is 15.3. The second kappa shape index (κ2) is 8.22. The van der Waals surface area contributed by atoms with Gasteiger partial charge in [0, 0.05) is 30.4 Å². The van der Waals surface area contributed by atoms with Gasteiger partial charge in [-0.25, -0.2) is 9.59 Å². The van der Waals surface area contributed by atoms with E-state index in [9.17, 15) is 14.4 Å². The van der Waals surface area contributed by atoms with Crippen molar-refractivity contribution in [3.8, 4) is 0 Å². The van der Waals surface area contributed by atoms with Gasteiger partial charge in [0.1, 0.15) is 0 Å². The predicted octanol–water partition coefficient (Wildman–Crippen LogP) is 0.880. The number of nitrogens with zero attached hydrogens (tertiary/aromatic N) is 1. The fourth-order valence-corrected chi connectivity index (χ4v) is 3.05. The van der Waals surface area contributed by atoms with Gasteiger partial charge in [-0.15, -0.1) is 0 Å². The van der Waals surface area contributed by atoms with Crippen LogP contribution in [0.15, 0.2) is 35.5 Å². The lowest BCUT2D eigenvalue weighted by atomic mass is 10.1. The second-order valence-corrected chi connectivity index (χ2v) is 6.68. The summed E-state index contributed by atoms with van der Waals surface area (Å²) >= 11 is 0. The number of hydrogen-bond donors (Lipinski definition) is 3. The van der Waals surface area contributed by atoms with Gasteiger partial charge in [0.2, 0.25) is 5.91 Å². The molecule has 8 heteroatoms. The van der Waals surface area contributed by atoms with Crippen LogP contribution in [0.5, 0.6) is 0 Å². The standard InChI is InChI=1S/C19H24N4O4/c1-2-27-18(25)15-9-21-19(26)22-16(15)11-23(14-7-8-14)10-12-3-5-13(6-4-12)17(20)24/h3-6,14H,2,7-11H2,1H3,(H2,20,24)(H2,21,22,26). The van der Waals surface area contributed by atoms with Crippen molar-refractivity contribution in [3.63, 3.8) is 0 Å². The number of hydrogen-bond acceptors (Lipinski definition) is 5. The first-order chi connectivity index (χ1) is 13.0. The minimum Gasteiger partial charge on any atom is -0.463 e. The van der Waals surface area contributed by atoms with Gasteiger partial charge in [0.15, 0.2) is 0 Å². The molecule has 27 heavy (non-hydrogen) atoms. The molecule has 3 amide bonds. The van der Waals surface area contributed by atoms with E-state index in [-0.39, 0.29) is 19.2 Å². The van der Waals surface area contributed by atoms with E-state index in [4.69, 9.17) is 10.5 Å². The number of urea groups is 1. The van der Waals surface area contributed by atoms with Gasteiger partial charge in [-0.2, -0.15) is 0 Å². The first-order valence-corrected chi connectivity index (χ1v) is 9.04. The minimum absolute atomic E-state index is 0.159. The molecule has 8 nitrogen and oxygen atoms in total. The molecule has 144 valence electrons. The highest BCUT2D eigenvalue weighted by Gasteiger charge is 2.32. The number of rotatable bonds is 8. The van der Waals surface area contributed by atoms with Crippen LogP contribution >= 0.6 is 0 Å². The molecule has 1 heterocycles. The molecule has 0 saturated heterocycles. The molecule has 0 radical (unpaired) electrons. The Morgan fingerprint density at radius 3 is 2.52 bits per heavy atom. The van der Waals surface area contributed by atoms with Crippen LogP contribution in [0, 0.1) is 0 Å². The molecule has 0 bridgehead atoms. The van der Waals surface area contributed by atoms with Gasteiger partial charge in [-0.05, 0) is 37.5 Å². The van der Waals surface area contributed by atoms with Gasteiger partial charge < -0.3 is 21.1 Å². The Bertz CT molecular complexity index is 768. The maximum Gasteiger partial charge on any atom is 0.337 e. The Labute approximate surface area is 157 Å². The summed E-state index contributed by atoms with van der Waals surface area (Å²) in [5.74, 6) is -0.871. The van der Waals surface area contributed by atoms with Crippen LogP contribution in [0.4, 0.5) is 4.79 Å². The molecule has 1 fully saturated rings. The number of ether oxygens (including phenoxy) is 1. The fourth-order valence-electron chi connectivity index (χ4n) is 3.05. The molecule has 1 aliphatic heterocycles. The Morgan fingerprint density at radius 1 is 1.22 bits per heavy atom. The van der Waals surface area contributed by atoms with Crippen LogP contribution < -0.4 is 16.4 Å². The summed E-state index contributed by atoms with van der Waals surface area (Å²) in [6.45, 7) is 3.28. The number of nitrogens with one attached hydrogen (secondary N) is 2. The topological polar surface area (TPSA) is 114 Å². The van der Waals surface area contributed by atoms with E-state index in [1.807, 2.05) is 12.1 Å². The molecular formula is C19H24N4O4. The molecule has 0 unspecified atom stereocenters. The van der Waals surface area contributed by atoms with Crippen LogP contribution in [-0.2, 0) is 16.1 Å². The summed E-state index contributed by atoms with van der Waals surface area (Å²) in [6, 6.07) is 7.24. The van der Waals surface area contributed by atoms with E-state index in [0.29, 0.717) is 36.0 Å². The van der Waals surface area contributed by atoms with Crippen LogP contribution in [0.3, 0.4) is 0 Å². The quantitative estimate of drug-likeness (QED) is 0.586. The third-order valence-electron chi connectivity index (χ3n) is 4.62. The fraction of sp³-hybridized carbons (Fsp3) is 0.421. The van der Waals surface area contributed by atoms with Crippen molar-refractivity contribution in [2.45, 2.75) is 32.4 Å². The smallest absolute Gasteiger partial charge is 0.337 e. The molecular weight excluding hydrogens is 348 g/mol. The molecule has 2 aliphatic rings. The number of benzene rings is 1. The normalized spacial score (nSPS) is 16.7. The Balaban J connectivity index is 1.77. The van der Waals surface area contributed by atoms with Crippen molar-refractivity contribution in [1.29, 1.82) is 0 Å². The van der Waals surface area contributed by atoms with E-state index >= 15 is 0 Å². The van der Waals surface area contributed by atoms with Crippen LogP contribution in [-0.4, -0.2) is 48.5 Å². The Hall–Kier alpha value is -2.87. The van der Waals surface area contributed by atoms with E-state index in [0.717, 1.165) is 18.4 Å². The summed E-state index contributed by atoms with van der Waals surface area (Å²) in [6.07, 6.45) is 2.15. The van der Waals surface area contributed by atoms with E-state index in [1.54, 1.807) is 19.1 Å². The van der Waals surface area contributed by atoms with E-state index in [1.165, 1.54) is 0 Å². The number of carbonyl (C=O) groups excluding carboxylic acids is 3. The average molecular weight is 372 g/mol. The molecule has 0 spiro atoms. The predicted molar refractivity (Wildman–Crippen MR) is 98.6 cm³/mol. The first-order valence-electron chi connectivity index (χ1n) is 9.04. The highest BCUT2D eigenvalue weighted by molar-refractivity contribution is 5.94. The third kappa shape index (κ3) is 4.85. The average Bonchev–Trinajstić information content (AvgIpc) is 3.47. The zero-order valence-corrected chi connectivity index (χ0v) is 15.3. The van der Waals surface area contributed by atoms with Gasteiger partial charge >= 0.3 is 12.0 Å². The van der Waals surface area contributed by atoms with E-state index in [2.05, 4.69) is 15.5 Å². The van der Waals surface area contributed by atoms with Crippen molar-refractivity contribution < 1.29 is 19.1 Å². The second-order valence-electron chi connectivity index (χ2n) is 6.68. The number of primary amides is 1. The van der Waals surface area contributed by atoms with Crippen LogP contribution in [0.1, 0.15) is 35.7 Å². The van der Waals surface area contributed by atoms with Crippen LogP contribution in [0.25, 0.3) is 0 Å².